The van der Waals surface area contributed by atoms with Crippen LogP contribution in [0.25, 0.3) is 0 Å². The highest BCUT2D eigenvalue weighted by atomic mass is 32.2. The fourth-order valence-corrected chi connectivity index (χ4v) is 5.04. The summed E-state index contributed by atoms with van der Waals surface area (Å²) in [5.41, 5.74) is 4.34. The van der Waals surface area contributed by atoms with Gasteiger partial charge < -0.3 is 29.8 Å². The maximum atomic E-state index is 12.8. The summed E-state index contributed by atoms with van der Waals surface area (Å²) in [6.07, 6.45) is -3.10. The number of carbonyl (C=O) groups excluding carboxylic acids is 4. The molecule has 4 N–H and O–H groups in total. The van der Waals surface area contributed by atoms with E-state index < -0.39 is 53.1 Å². The maximum Gasteiger partial charge on any atom is 0.303 e. The van der Waals surface area contributed by atoms with Crippen LogP contribution in [0.15, 0.2) is 16.3 Å². The van der Waals surface area contributed by atoms with Crippen molar-refractivity contribution in [2.24, 2.45) is 16.1 Å². The largest absolute Gasteiger partial charge is 0.511 e. The number of rotatable bonds is 7. The highest BCUT2D eigenvalue weighted by molar-refractivity contribution is 8.14. The Labute approximate surface area is 213 Å². The van der Waals surface area contributed by atoms with Crippen molar-refractivity contribution in [2.45, 2.75) is 84.2 Å². The van der Waals surface area contributed by atoms with Crippen LogP contribution in [-0.4, -0.2) is 76.1 Å². The normalized spacial score (nSPS) is 28.3. The van der Waals surface area contributed by atoms with E-state index in [1.54, 1.807) is 0 Å². The molecule has 200 valence electrons. The summed E-state index contributed by atoms with van der Waals surface area (Å²) in [6.45, 7) is 8.41. The van der Waals surface area contributed by atoms with Crippen LogP contribution in [0.1, 0.15) is 54.4 Å². The molecule has 1 heterocycles. The molecule has 0 saturated carbocycles. The average Bonchev–Trinajstić information content (AvgIpc) is 2.68. The Morgan fingerprint density at radius 2 is 1.69 bits per heavy atom. The summed E-state index contributed by atoms with van der Waals surface area (Å²) < 4.78 is 21.9. The monoisotopic (exact) mass is 527 g/mol. The Morgan fingerprint density at radius 3 is 2.19 bits per heavy atom. The molecule has 0 unspecified atom stereocenters. The second kappa shape index (κ2) is 11.9. The molecule has 13 heteroatoms. The number of hydrogen-bond donors (Lipinski definition) is 3. The minimum atomic E-state index is -1.25. The van der Waals surface area contributed by atoms with Crippen LogP contribution in [-0.2, 0) is 38.1 Å². The van der Waals surface area contributed by atoms with Gasteiger partial charge in [-0.15, -0.1) is 0 Å². The van der Waals surface area contributed by atoms with Gasteiger partial charge >= 0.3 is 17.9 Å². The number of amidine groups is 1. The van der Waals surface area contributed by atoms with E-state index in [0.29, 0.717) is 0 Å². The van der Waals surface area contributed by atoms with E-state index in [2.05, 4.69) is 4.99 Å². The summed E-state index contributed by atoms with van der Waals surface area (Å²) in [4.78, 5) is 52.8. The van der Waals surface area contributed by atoms with Crippen LogP contribution < -0.4 is 5.73 Å². The predicted molar refractivity (Wildman–Crippen MR) is 130 cm³/mol. The third-order valence-electron chi connectivity index (χ3n) is 5.47. The van der Waals surface area contributed by atoms with E-state index in [9.17, 15) is 24.3 Å². The molecule has 1 fully saturated rings. The number of thioether (sulfide) groups is 1. The van der Waals surface area contributed by atoms with Crippen LogP contribution >= 0.6 is 11.8 Å². The number of allylic oxidation sites excluding steroid dienone is 2. The topological polar surface area (TPSA) is 188 Å². The first kappa shape index (κ1) is 29.3. The molecule has 12 nitrogen and oxygen atoms in total. The van der Waals surface area contributed by atoms with Crippen LogP contribution in [0.3, 0.4) is 0 Å². The molecule has 5 atom stereocenters. The number of nitrogens with two attached hydrogens (primary N) is 1. The molecule has 0 aromatic carbocycles. The van der Waals surface area contributed by atoms with Crippen molar-refractivity contribution in [1.29, 1.82) is 5.41 Å². The number of aliphatic hydroxyl groups is 1. The fraction of sp³-hybridized carbons (Fsp3) is 0.652. The molecule has 0 bridgehead atoms. The van der Waals surface area contributed by atoms with Gasteiger partial charge in [0.05, 0.1) is 5.57 Å². The number of Topliss-reactive ketones (excluding diaryl/α,β-unsaturated/α-hetero) is 1. The molecule has 1 saturated heterocycles. The highest BCUT2D eigenvalue weighted by Gasteiger charge is 2.51. The van der Waals surface area contributed by atoms with E-state index in [-0.39, 0.29) is 47.4 Å². The number of nitrogens with zero attached hydrogens (tertiary/aromatic N) is 1. The minimum Gasteiger partial charge on any atom is -0.511 e. The number of ether oxygens (including phenoxy) is 4. The lowest BCUT2D eigenvalue weighted by Crippen LogP contribution is -2.60. The van der Waals surface area contributed by atoms with Gasteiger partial charge in [-0.2, -0.15) is 0 Å². The first-order valence-corrected chi connectivity index (χ1v) is 12.1. The lowest BCUT2D eigenvalue weighted by Gasteiger charge is -2.43. The van der Waals surface area contributed by atoms with Gasteiger partial charge in [-0.3, -0.25) is 29.6 Å². The van der Waals surface area contributed by atoms with Crippen molar-refractivity contribution in [3.63, 3.8) is 0 Å². The van der Waals surface area contributed by atoms with Crippen molar-refractivity contribution in [2.75, 3.05) is 6.61 Å². The molecule has 0 radical (unpaired) electrons. The van der Waals surface area contributed by atoms with E-state index in [1.807, 2.05) is 13.8 Å². The van der Waals surface area contributed by atoms with E-state index in [1.165, 1.54) is 13.8 Å². The molecular formula is C23H33N3O9S. The molecule has 1 aliphatic heterocycles. The molecule has 0 amide bonds. The number of hydrogen-bond acceptors (Lipinski definition) is 12. The summed E-state index contributed by atoms with van der Waals surface area (Å²) in [6, 6.07) is -1.11. The zero-order valence-corrected chi connectivity index (χ0v) is 22.0. The molecule has 2 rings (SSSR count). The number of ketones is 1. The number of carbonyl (C=O) groups is 4. The fourth-order valence-electron chi connectivity index (χ4n) is 4.23. The SMILES string of the molecule is CC(=O)OC[C@H]1O[C@@H](SC(=N)N)[C@H](N=C(C)C2=C(O)CC(C)(C)CC2=O)[C@@H](OC(C)=O)[C@@H]1OC(C)=O. The Kier molecular flexibility index (Phi) is 9.66. The van der Waals surface area contributed by atoms with E-state index in [0.717, 1.165) is 25.6 Å². The smallest absolute Gasteiger partial charge is 0.303 e. The number of aliphatic hydroxyl groups excluding tert-OH is 1. The first-order valence-electron chi connectivity index (χ1n) is 11.3. The maximum absolute atomic E-state index is 12.8. The third-order valence-corrected chi connectivity index (χ3v) is 6.35. The first-order chi connectivity index (χ1) is 16.6. The molecule has 0 aromatic rings. The van der Waals surface area contributed by atoms with Gasteiger partial charge in [-0.1, -0.05) is 25.6 Å². The van der Waals surface area contributed by atoms with Crippen molar-refractivity contribution >= 4 is 46.3 Å². The van der Waals surface area contributed by atoms with Gasteiger partial charge in [-0.05, 0) is 12.3 Å². The van der Waals surface area contributed by atoms with Gasteiger partial charge in [0.1, 0.15) is 29.9 Å². The van der Waals surface area contributed by atoms with E-state index >= 15 is 0 Å². The standard InChI is InChI=1S/C23H33N3O9S/c1-10(17-14(30)7-23(5,6)8-15(17)31)26-18-20(34-13(4)29)19(33-12(3)28)16(9-32-11(2)27)35-21(18)36-22(24)25/h16,18-21,30H,7-9H2,1-6H3,(H3,24,25)/t16-,18-,19-,20-,21+/m1/s1. The Bertz CT molecular complexity index is 991. The lowest BCUT2D eigenvalue weighted by atomic mass is 9.75. The van der Waals surface area contributed by atoms with Crippen molar-refractivity contribution in [3.8, 4) is 0 Å². The van der Waals surface area contributed by atoms with Gasteiger partial charge in [0.2, 0.25) is 0 Å². The van der Waals surface area contributed by atoms with Crippen molar-refractivity contribution in [3.05, 3.63) is 11.3 Å². The Morgan fingerprint density at radius 1 is 1.11 bits per heavy atom. The third kappa shape index (κ3) is 7.79. The average molecular weight is 528 g/mol. The Balaban J connectivity index is 2.60. The molecule has 0 aromatic heterocycles. The molecular weight excluding hydrogens is 494 g/mol. The second-order valence-corrected chi connectivity index (χ2v) is 10.6. The lowest BCUT2D eigenvalue weighted by molar-refractivity contribution is -0.208. The van der Waals surface area contributed by atoms with Crippen molar-refractivity contribution < 1.29 is 43.2 Å². The molecule has 36 heavy (non-hydrogen) atoms. The second-order valence-electron chi connectivity index (χ2n) is 9.44. The quantitative estimate of drug-likeness (QED) is 0.189. The number of nitrogens with one attached hydrogen (secondary N) is 1. The van der Waals surface area contributed by atoms with Gasteiger partial charge in [0, 0.05) is 39.3 Å². The highest BCUT2D eigenvalue weighted by Crippen LogP contribution is 2.38. The zero-order chi connectivity index (χ0) is 27.4. The summed E-state index contributed by atoms with van der Waals surface area (Å²) >= 11 is 0.759. The van der Waals surface area contributed by atoms with E-state index in [4.69, 9.17) is 30.1 Å². The number of esters is 3. The molecule has 2 aliphatic rings. The summed E-state index contributed by atoms with van der Waals surface area (Å²) in [5.74, 6) is -2.45. The predicted octanol–water partition coefficient (Wildman–Crippen LogP) is 1.80. The van der Waals surface area contributed by atoms with Crippen LogP contribution in [0.5, 0.6) is 0 Å². The van der Waals surface area contributed by atoms with Gasteiger partial charge in [0.15, 0.2) is 23.2 Å². The van der Waals surface area contributed by atoms with Crippen LogP contribution in [0, 0.1) is 10.8 Å². The van der Waals surface area contributed by atoms with Gasteiger partial charge in [0.25, 0.3) is 0 Å². The summed E-state index contributed by atoms with van der Waals surface area (Å²) in [7, 11) is 0. The Hall–Kier alpha value is -2.93. The van der Waals surface area contributed by atoms with Crippen molar-refractivity contribution in [1.82, 2.24) is 0 Å². The minimum absolute atomic E-state index is 0.0496. The molecule has 1 aliphatic carbocycles. The van der Waals surface area contributed by atoms with Gasteiger partial charge in [-0.25, -0.2) is 0 Å². The zero-order valence-electron chi connectivity index (χ0n) is 21.2. The summed E-state index contributed by atoms with van der Waals surface area (Å²) in [5, 5.41) is 18.0. The number of aliphatic imine (C=N–C) groups is 1. The molecule has 0 spiro atoms. The van der Waals surface area contributed by atoms with Crippen LogP contribution in [0.2, 0.25) is 0 Å². The van der Waals surface area contributed by atoms with Crippen LogP contribution in [0.4, 0.5) is 0 Å².